The second-order valence-electron chi connectivity index (χ2n) is 13.0. The molecule has 0 fully saturated rings. The van der Waals surface area contributed by atoms with Gasteiger partial charge in [0.2, 0.25) is 0 Å². The Bertz CT molecular complexity index is 2400. The van der Waals surface area contributed by atoms with Crippen molar-refractivity contribution in [1.82, 2.24) is 0 Å². The molecule has 0 saturated heterocycles. The zero-order valence-electron chi connectivity index (χ0n) is 26.4. The van der Waals surface area contributed by atoms with Crippen molar-refractivity contribution in [2.24, 2.45) is 0 Å². The lowest BCUT2D eigenvalue weighted by molar-refractivity contribution is 0.661. The number of furan rings is 1. The third-order valence-corrected chi connectivity index (χ3v) is 9.85. The normalized spacial score (nSPS) is 13.1. The first-order valence-corrected chi connectivity index (χ1v) is 16.3. The van der Waals surface area contributed by atoms with Crippen LogP contribution >= 0.6 is 0 Å². The first kappa shape index (κ1) is 27.5. The van der Waals surface area contributed by atoms with Crippen LogP contribution in [0, 0.1) is 0 Å². The van der Waals surface area contributed by atoms with E-state index in [1.807, 2.05) is 12.1 Å². The van der Waals surface area contributed by atoms with Crippen LogP contribution in [0.2, 0.25) is 0 Å². The SMILES string of the molecule is CC1(C)c2cc(-c3cccc(N(c4ccccc4)c4ccccc4)c3)ccc2-c2ccc(-c3ccc4oc5ccccc5c4c3)cc21. The van der Waals surface area contributed by atoms with E-state index >= 15 is 0 Å². The molecule has 2 heteroatoms. The molecule has 0 atom stereocenters. The number of benzene rings is 7. The molecule has 0 aliphatic heterocycles. The average molecular weight is 604 g/mol. The molecule has 47 heavy (non-hydrogen) atoms. The van der Waals surface area contributed by atoms with E-state index in [-0.39, 0.29) is 5.41 Å². The molecule has 1 aromatic heterocycles. The maximum atomic E-state index is 6.10. The molecule has 0 N–H and O–H groups in total. The summed E-state index contributed by atoms with van der Waals surface area (Å²) in [5.41, 5.74) is 15.4. The molecule has 0 amide bonds. The Kier molecular flexibility index (Phi) is 6.20. The van der Waals surface area contributed by atoms with Gasteiger partial charge < -0.3 is 9.32 Å². The van der Waals surface area contributed by atoms with E-state index in [0.29, 0.717) is 0 Å². The summed E-state index contributed by atoms with van der Waals surface area (Å²) in [5.74, 6) is 0. The van der Waals surface area contributed by atoms with E-state index in [0.717, 1.165) is 39.0 Å². The van der Waals surface area contributed by atoms with Crippen LogP contribution in [0.15, 0.2) is 168 Å². The first-order valence-electron chi connectivity index (χ1n) is 16.3. The van der Waals surface area contributed by atoms with Gasteiger partial charge in [0.1, 0.15) is 11.2 Å². The van der Waals surface area contributed by atoms with Gasteiger partial charge in [-0.25, -0.2) is 0 Å². The lowest BCUT2D eigenvalue weighted by atomic mass is 9.81. The second kappa shape index (κ2) is 10.6. The highest BCUT2D eigenvalue weighted by molar-refractivity contribution is 6.06. The molecule has 0 saturated carbocycles. The Morgan fingerprint density at radius 3 is 1.57 bits per heavy atom. The van der Waals surface area contributed by atoms with Crippen molar-refractivity contribution >= 4 is 39.0 Å². The van der Waals surface area contributed by atoms with Crippen molar-refractivity contribution in [3.05, 3.63) is 175 Å². The lowest BCUT2D eigenvalue weighted by Gasteiger charge is -2.26. The molecule has 224 valence electrons. The smallest absolute Gasteiger partial charge is 0.135 e. The molecule has 1 heterocycles. The predicted octanol–water partition coefficient (Wildman–Crippen LogP) is 12.7. The van der Waals surface area contributed by atoms with Crippen LogP contribution in [0.3, 0.4) is 0 Å². The molecule has 0 bridgehead atoms. The Morgan fingerprint density at radius 2 is 0.915 bits per heavy atom. The van der Waals surface area contributed by atoms with E-state index in [9.17, 15) is 0 Å². The first-order chi connectivity index (χ1) is 23.0. The number of fused-ring (bicyclic) bond motifs is 6. The molecule has 8 aromatic rings. The third kappa shape index (κ3) is 4.48. The fourth-order valence-electron chi connectivity index (χ4n) is 7.43. The zero-order chi connectivity index (χ0) is 31.5. The molecule has 7 aromatic carbocycles. The van der Waals surface area contributed by atoms with Crippen molar-refractivity contribution in [3.63, 3.8) is 0 Å². The highest BCUT2D eigenvalue weighted by Crippen LogP contribution is 2.51. The largest absolute Gasteiger partial charge is 0.456 e. The van der Waals surface area contributed by atoms with Gasteiger partial charge in [-0.15, -0.1) is 0 Å². The van der Waals surface area contributed by atoms with Crippen molar-refractivity contribution in [3.8, 4) is 33.4 Å². The van der Waals surface area contributed by atoms with Crippen molar-refractivity contribution in [2.75, 3.05) is 4.90 Å². The van der Waals surface area contributed by atoms with Crippen LogP contribution in [-0.2, 0) is 5.41 Å². The van der Waals surface area contributed by atoms with Gasteiger partial charge in [-0.05, 0) is 111 Å². The summed E-state index contributed by atoms with van der Waals surface area (Å²) < 4.78 is 6.10. The highest BCUT2D eigenvalue weighted by Gasteiger charge is 2.36. The number of hydrogen-bond donors (Lipinski definition) is 0. The maximum absolute atomic E-state index is 6.10. The third-order valence-electron chi connectivity index (χ3n) is 9.85. The molecule has 1 aliphatic carbocycles. The van der Waals surface area contributed by atoms with Gasteiger partial charge in [-0.2, -0.15) is 0 Å². The molecule has 0 radical (unpaired) electrons. The monoisotopic (exact) mass is 603 g/mol. The molecule has 1 aliphatic rings. The molecular weight excluding hydrogens is 571 g/mol. The summed E-state index contributed by atoms with van der Waals surface area (Å²) in [7, 11) is 0. The van der Waals surface area contributed by atoms with Crippen LogP contribution in [0.5, 0.6) is 0 Å². The minimum absolute atomic E-state index is 0.138. The van der Waals surface area contributed by atoms with E-state index in [2.05, 4.69) is 170 Å². The Hall–Kier alpha value is -5.86. The summed E-state index contributed by atoms with van der Waals surface area (Å²) >= 11 is 0. The topological polar surface area (TPSA) is 16.4 Å². The van der Waals surface area contributed by atoms with Crippen LogP contribution in [-0.4, -0.2) is 0 Å². The van der Waals surface area contributed by atoms with Gasteiger partial charge in [-0.1, -0.05) is 111 Å². The average Bonchev–Trinajstić information content (AvgIpc) is 3.60. The Morgan fingerprint density at radius 1 is 0.404 bits per heavy atom. The minimum Gasteiger partial charge on any atom is -0.456 e. The Labute approximate surface area is 275 Å². The zero-order valence-corrected chi connectivity index (χ0v) is 26.4. The van der Waals surface area contributed by atoms with Crippen LogP contribution in [0.1, 0.15) is 25.0 Å². The standard InChI is InChI=1S/C45H33NO/c1-45(2)41-28-32(30-12-11-17-36(26-30)46(34-13-5-3-6-14-34)35-15-7-4-8-16-35)20-23-37(41)38-24-21-33(29-42(38)45)31-22-25-44-40(27-31)39-18-9-10-19-43(39)47-44/h3-29H,1-2H3. The molecular formula is C45H33NO. The van der Waals surface area contributed by atoms with E-state index in [1.165, 1.54) is 44.5 Å². The molecule has 0 spiro atoms. The van der Waals surface area contributed by atoms with E-state index in [1.54, 1.807) is 0 Å². The van der Waals surface area contributed by atoms with Gasteiger partial charge in [0, 0.05) is 33.2 Å². The van der Waals surface area contributed by atoms with Gasteiger partial charge >= 0.3 is 0 Å². The van der Waals surface area contributed by atoms with Gasteiger partial charge in [0.15, 0.2) is 0 Å². The van der Waals surface area contributed by atoms with Crippen molar-refractivity contribution < 1.29 is 4.42 Å². The Balaban J connectivity index is 1.09. The van der Waals surface area contributed by atoms with Crippen LogP contribution < -0.4 is 4.90 Å². The second-order valence-corrected chi connectivity index (χ2v) is 13.0. The lowest BCUT2D eigenvalue weighted by Crippen LogP contribution is -2.15. The fourth-order valence-corrected chi connectivity index (χ4v) is 7.43. The molecule has 2 nitrogen and oxygen atoms in total. The summed E-state index contributed by atoms with van der Waals surface area (Å²) in [6, 6.07) is 58.9. The van der Waals surface area contributed by atoms with Gasteiger partial charge in [0.25, 0.3) is 0 Å². The fraction of sp³-hybridized carbons (Fsp3) is 0.0667. The highest BCUT2D eigenvalue weighted by atomic mass is 16.3. The van der Waals surface area contributed by atoms with Crippen molar-refractivity contribution in [1.29, 1.82) is 0 Å². The van der Waals surface area contributed by atoms with Crippen LogP contribution in [0.25, 0.3) is 55.3 Å². The number of rotatable bonds is 5. The van der Waals surface area contributed by atoms with Crippen molar-refractivity contribution in [2.45, 2.75) is 19.3 Å². The van der Waals surface area contributed by atoms with Gasteiger partial charge in [0.05, 0.1) is 0 Å². The quantitative estimate of drug-likeness (QED) is 0.195. The number of nitrogens with zero attached hydrogens (tertiary/aromatic N) is 1. The number of para-hydroxylation sites is 3. The number of hydrogen-bond acceptors (Lipinski definition) is 2. The summed E-state index contributed by atoms with van der Waals surface area (Å²) in [6.07, 6.45) is 0. The summed E-state index contributed by atoms with van der Waals surface area (Å²) in [4.78, 5) is 2.32. The predicted molar refractivity (Wildman–Crippen MR) is 197 cm³/mol. The van der Waals surface area contributed by atoms with E-state index < -0.39 is 0 Å². The summed E-state index contributed by atoms with van der Waals surface area (Å²) in [6.45, 7) is 4.72. The van der Waals surface area contributed by atoms with E-state index in [4.69, 9.17) is 4.42 Å². The van der Waals surface area contributed by atoms with Crippen LogP contribution in [0.4, 0.5) is 17.1 Å². The molecule has 9 rings (SSSR count). The molecule has 0 unspecified atom stereocenters. The maximum Gasteiger partial charge on any atom is 0.135 e. The van der Waals surface area contributed by atoms with Gasteiger partial charge in [-0.3, -0.25) is 0 Å². The number of anilines is 3. The minimum atomic E-state index is -0.138. The summed E-state index contributed by atoms with van der Waals surface area (Å²) in [5, 5.41) is 2.32.